The van der Waals surface area contributed by atoms with Crippen molar-refractivity contribution in [1.82, 2.24) is 14.5 Å². The van der Waals surface area contributed by atoms with Crippen LogP contribution in [0.2, 0.25) is 0 Å². The van der Waals surface area contributed by atoms with Crippen LogP contribution in [0.15, 0.2) is 18.7 Å². The summed E-state index contributed by atoms with van der Waals surface area (Å²) in [6.07, 6.45) is 8.49. The first-order chi connectivity index (χ1) is 7.55. The quantitative estimate of drug-likeness (QED) is 0.764. The Morgan fingerprint density at radius 3 is 2.44 bits per heavy atom. The normalized spacial score (nSPS) is 20.2. The minimum absolute atomic E-state index is 0.333. The minimum Gasteiger partial charge on any atom is -0.337 e. The smallest absolute Gasteiger partial charge is 0.0945 e. The highest BCUT2D eigenvalue weighted by Crippen LogP contribution is 2.24. The van der Waals surface area contributed by atoms with Gasteiger partial charge in [-0.3, -0.25) is 4.90 Å². The van der Waals surface area contributed by atoms with Gasteiger partial charge >= 0.3 is 0 Å². The predicted octanol–water partition coefficient (Wildman–Crippen LogP) is 2.39. The van der Waals surface area contributed by atoms with E-state index in [4.69, 9.17) is 0 Å². The summed E-state index contributed by atoms with van der Waals surface area (Å²) in [4.78, 5) is 6.69. The van der Waals surface area contributed by atoms with Crippen LogP contribution < -0.4 is 0 Å². The lowest BCUT2D eigenvalue weighted by atomic mass is 9.93. The van der Waals surface area contributed by atoms with Gasteiger partial charge in [-0.1, -0.05) is 0 Å². The molecule has 0 bridgehead atoms. The van der Waals surface area contributed by atoms with Crippen molar-refractivity contribution in [2.75, 3.05) is 13.1 Å². The molecule has 1 aliphatic heterocycles. The standard InChI is InChI=1S/C13H23N3/c1-13(2,3)16-7-4-12(5-8-16)10-15-9-6-14-11-15/h6,9,11-12H,4-5,7-8,10H2,1-3H3. The number of nitrogens with zero attached hydrogens (tertiary/aromatic N) is 3. The lowest BCUT2D eigenvalue weighted by Gasteiger charge is -2.41. The van der Waals surface area contributed by atoms with Crippen LogP contribution in [0.4, 0.5) is 0 Å². The van der Waals surface area contributed by atoms with E-state index in [1.165, 1.54) is 25.9 Å². The predicted molar refractivity (Wildman–Crippen MR) is 66.3 cm³/mol. The Morgan fingerprint density at radius 1 is 1.25 bits per heavy atom. The van der Waals surface area contributed by atoms with E-state index in [1.807, 2.05) is 12.5 Å². The molecule has 1 saturated heterocycles. The average Bonchev–Trinajstić information content (AvgIpc) is 2.70. The number of likely N-dealkylation sites (tertiary alicyclic amines) is 1. The molecule has 0 aliphatic carbocycles. The summed E-state index contributed by atoms with van der Waals surface area (Å²) in [5.41, 5.74) is 0.333. The molecule has 1 fully saturated rings. The van der Waals surface area contributed by atoms with Gasteiger partial charge in [-0.05, 0) is 52.6 Å². The zero-order valence-corrected chi connectivity index (χ0v) is 10.7. The van der Waals surface area contributed by atoms with Gasteiger partial charge in [0, 0.05) is 24.5 Å². The Hall–Kier alpha value is -0.830. The van der Waals surface area contributed by atoms with Crippen molar-refractivity contribution < 1.29 is 0 Å². The molecular formula is C13H23N3. The van der Waals surface area contributed by atoms with Gasteiger partial charge in [0.15, 0.2) is 0 Å². The Kier molecular flexibility index (Phi) is 3.33. The fourth-order valence-electron chi connectivity index (χ4n) is 2.48. The number of aromatic nitrogens is 2. The van der Waals surface area contributed by atoms with Gasteiger partial charge in [0.05, 0.1) is 6.33 Å². The Bertz CT molecular complexity index is 302. The van der Waals surface area contributed by atoms with Crippen LogP contribution in [0, 0.1) is 5.92 Å². The van der Waals surface area contributed by atoms with Gasteiger partial charge in [-0.15, -0.1) is 0 Å². The second-order valence-electron chi connectivity index (χ2n) is 5.86. The molecule has 16 heavy (non-hydrogen) atoms. The van der Waals surface area contributed by atoms with Crippen LogP contribution in [0.3, 0.4) is 0 Å². The van der Waals surface area contributed by atoms with E-state index in [2.05, 4.69) is 41.4 Å². The average molecular weight is 221 g/mol. The summed E-state index contributed by atoms with van der Waals surface area (Å²) in [6, 6.07) is 0. The maximum Gasteiger partial charge on any atom is 0.0945 e. The SMILES string of the molecule is CC(C)(C)N1CCC(Cn2ccnc2)CC1. The second kappa shape index (κ2) is 4.58. The van der Waals surface area contributed by atoms with E-state index >= 15 is 0 Å². The molecule has 0 N–H and O–H groups in total. The van der Waals surface area contributed by atoms with Crippen LogP contribution in [0.5, 0.6) is 0 Å². The van der Waals surface area contributed by atoms with Crippen LogP contribution >= 0.6 is 0 Å². The van der Waals surface area contributed by atoms with Crippen molar-refractivity contribution in [2.24, 2.45) is 5.92 Å². The van der Waals surface area contributed by atoms with E-state index in [0.717, 1.165) is 12.5 Å². The maximum absolute atomic E-state index is 4.09. The number of piperidine rings is 1. The first-order valence-electron chi connectivity index (χ1n) is 6.26. The zero-order chi connectivity index (χ0) is 11.6. The third kappa shape index (κ3) is 2.85. The van der Waals surface area contributed by atoms with Crippen LogP contribution in [0.1, 0.15) is 33.6 Å². The van der Waals surface area contributed by atoms with Gasteiger partial charge in [-0.2, -0.15) is 0 Å². The Morgan fingerprint density at radius 2 is 1.94 bits per heavy atom. The number of imidazole rings is 1. The molecule has 2 rings (SSSR count). The van der Waals surface area contributed by atoms with Crippen molar-refractivity contribution in [3.63, 3.8) is 0 Å². The fraction of sp³-hybridized carbons (Fsp3) is 0.769. The highest BCUT2D eigenvalue weighted by molar-refractivity contribution is 4.83. The fourth-order valence-corrected chi connectivity index (χ4v) is 2.48. The third-order valence-electron chi connectivity index (χ3n) is 3.59. The Labute approximate surface area is 98.5 Å². The van der Waals surface area contributed by atoms with Crippen molar-refractivity contribution >= 4 is 0 Å². The topological polar surface area (TPSA) is 21.1 Å². The molecular weight excluding hydrogens is 198 g/mol. The summed E-state index contributed by atoms with van der Waals surface area (Å²) in [6.45, 7) is 10.5. The summed E-state index contributed by atoms with van der Waals surface area (Å²) in [5.74, 6) is 0.827. The molecule has 3 nitrogen and oxygen atoms in total. The molecule has 1 aliphatic rings. The lowest BCUT2D eigenvalue weighted by molar-refractivity contribution is 0.0831. The molecule has 0 amide bonds. The molecule has 0 atom stereocenters. The van der Waals surface area contributed by atoms with Crippen molar-refractivity contribution in [2.45, 2.75) is 45.7 Å². The van der Waals surface area contributed by atoms with E-state index in [9.17, 15) is 0 Å². The Balaban J connectivity index is 1.82. The molecule has 0 radical (unpaired) electrons. The molecule has 90 valence electrons. The summed E-state index contributed by atoms with van der Waals surface area (Å²) >= 11 is 0. The monoisotopic (exact) mass is 221 g/mol. The molecule has 0 unspecified atom stereocenters. The molecule has 0 saturated carbocycles. The first-order valence-corrected chi connectivity index (χ1v) is 6.26. The van der Waals surface area contributed by atoms with E-state index in [-0.39, 0.29) is 0 Å². The summed E-state index contributed by atoms with van der Waals surface area (Å²) < 4.78 is 2.21. The summed E-state index contributed by atoms with van der Waals surface area (Å²) in [5, 5.41) is 0. The first kappa shape index (κ1) is 11.6. The number of rotatable bonds is 2. The van der Waals surface area contributed by atoms with Crippen LogP contribution in [-0.4, -0.2) is 33.1 Å². The molecule has 2 heterocycles. The van der Waals surface area contributed by atoms with E-state index in [0.29, 0.717) is 5.54 Å². The van der Waals surface area contributed by atoms with E-state index in [1.54, 1.807) is 0 Å². The lowest BCUT2D eigenvalue weighted by Crippen LogP contribution is -2.46. The van der Waals surface area contributed by atoms with Crippen molar-refractivity contribution in [3.05, 3.63) is 18.7 Å². The van der Waals surface area contributed by atoms with Gasteiger partial charge in [0.25, 0.3) is 0 Å². The summed E-state index contributed by atoms with van der Waals surface area (Å²) in [7, 11) is 0. The largest absolute Gasteiger partial charge is 0.337 e. The van der Waals surface area contributed by atoms with Crippen LogP contribution in [0.25, 0.3) is 0 Å². The highest BCUT2D eigenvalue weighted by atomic mass is 15.2. The molecule has 3 heteroatoms. The third-order valence-corrected chi connectivity index (χ3v) is 3.59. The molecule has 0 spiro atoms. The minimum atomic E-state index is 0.333. The van der Waals surface area contributed by atoms with Crippen LogP contribution in [-0.2, 0) is 6.54 Å². The molecule has 1 aromatic rings. The zero-order valence-electron chi connectivity index (χ0n) is 10.7. The van der Waals surface area contributed by atoms with Gasteiger partial charge in [0.2, 0.25) is 0 Å². The van der Waals surface area contributed by atoms with Gasteiger partial charge in [-0.25, -0.2) is 4.98 Å². The number of hydrogen-bond acceptors (Lipinski definition) is 2. The van der Waals surface area contributed by atoms with E-state index < -0.39 is 0 Å². The second-order valence-corrected chi connectivity index (χ2v) is 5.86. The molecule has 1 aromatic heterocycles. The van der Waals surface area contributed by atoms with Gasteiger partial charge in [0.1, 0.15) is 0 Å². The van der Waals surface area contributed by atoms with Crippen molar-refractivity contribution in [3.8, 4) is 0 Å². The number of hydrogen-bond donors (Lipinski definition) is 0. The van der Waals surface area contributed by atoms with Crippen molar-refractivity contribution in [1.29, 1.82) is 0 Å². The maximum atomic E-state index is 4.09. The molecule has 0 aromatic carbocycles. The highest BCUT2D eigenvalue weighted by Gasteiger charge is 2.26. The van der Waals surface area contributed by atoms with Gasteiger partial charge < -0.3 is 4.57 Å².